The lowest BCUT2D eigenvalue weighted by Gasteiger charge is -2.52. The highest BCUT2D eigenvalue weighted by atomic mass is 16.1. The predicted octanol–water partition coefficient (Wildman–Crippen LogP) is 6.18. The second-order valence-corrected chi connectivity index (χ2v) is 9.57. The summed E-state index contributed by atoms with van der Waals surface area (Å²) in [6.45, 7) is 16.0. The molecule has 0 radical (unpaired) electrons. The highest BCUT2D eigenvalue weighted by Crippen LogP contribution is 2.47. The average molecular weight is 360 g/mol. The second-order valence-electron chi connectivity index (χ2n) is 9.57. The van der Waals surface area contributed by atoms with E-state index in [1.165, 1.54) is 56.3 Å². The molecule has 2 heteroatoms. The Balaban J connectivity index is 1.81. The number of hydrogen-bond donors (Lipinski definition) is 0. The van der Waals surface area contributed by atoms with Crippen LogP contribution in [0.2, 0.25) is 0 Å². The molecule has 0 aromatic carbocycles. The van der Waals surface area contributed by atoms with E-state index in [2.05, 4.69) is 58.6 Å². The van der Waals surface area contributed by atoms with Gasteiger partial charge in [-0.2, -0.15) is 0 Å². The van der Waals surface area contributed by atoms with Crippen LogP contribution in [0.4, 0.5) is 0 Å². The Labute approximate surface area is 162 Å². The van der Waals surface area contributed by atoms with Crippen molar-refractivity contribution in [3.8, 4) is 0 Å². The zero-order valence-corrected chi connectivity index (χ0v) is 18.1. The SMILES string of the molecule is CC(C)=CCC/C(C)=C\CCC(C)N1CC[C@H]2[C@H](C)C(=O)CC[C@]2(C)C1. The van der Waals surface area contributed by atoms with Gasteiger partial charge in [0.1, 0.15) is 5.78 Å². The predicted molar refractivity (Wildman–Crippen MR) is 112 cm³/mol. The Bertz CT molecular complexity index is 542. The lowest BCUT2D eigenvalue weighted by molar-refractivity contribution is -0.134. The quantitative estimate of drug-likeness (QED) is 0.506. The standard InChI is InChI=1S/C24H41NO/c1-18(2)9-7-10-19(3)11-8-12-20(4)25-16-14-22-21(5)23(26)13-15-24(22,6)17-25/h9,11,20-22H,7-8,10,12-17H2,1-6H3/b19-11-/t20?,21-,22-,24+/m0/s1. The number of ketones is 1. The first kappa shape index (κ1) is 21.4. The third-order valence-electron chi connectivity index (χ3n) is 7.03. The Kier molecular flexibility index (Phi) is 7.70. The molecule has 0 amide bonds. The largest absolute Gasteiger partial charge is 0.300 e. The molecule has 4 atom stereocenters. The van der Waals surface area contributed by atoms with Crippen molar-refractivity contribution in [2.75, 3.05) is 13.1 Å². The number of carbonyl (C=O) groups excluding carboxylic acids is 1. The molecule has 1 saturated carbocycles. The van der Waals surface area contributed by atoms with Gasteiger partial charge in [-0.05, 0) is 84.1 Å². The molecule has 0 aromatic rings. The van der Waals surface area contributed by atoms with E-state index in [1.54, 1.807) is 0 Å². The number of Topliss-reactive ketones (excluding diaryl/α,β-unsaturated/α-hetero) is 1. The molecule has 1 heterocycles. The maximum Gasteiger partial charge on any atom is 0.136 e. The van der Waals surface area contributed by atoms with Gasteiger partial charge in [0, 0.05) is 24.9 Å². The molecular formula is C24H41NO. The van der Waals surface area contributed by atoms with Gasteiger partial charge < -0.3 is 4.90 Å². The summed E-state index contributed by atoms with van der Waals surface area (Å²) in [5, 5.41) is 0. The number of hydrogen-bond acceptors (Lipinski definition) is 2. The summed E-state index contributed by atoms with van der Waals surface area (Å²) in [7, 11) is 0. The zero-order chi connectivity index (χ0) is 19.3. The molecule has 1 unspecified atom stereocenters. The van der Waals surface area contributed by atoms with Crippen molar-refractivity contribution in [1.82, 2.24) is 4.90 Å². The van der Waals surface area contributed by atoms with Gasteiger partial charge >= 0.3 is 0 Å². The third-order valence-corrected chi connectivity index (χ3v) is 7.03. The zero-order valence-electron chi connectivity index (χ0n) is 18.1. The molecule has 26 heavy (non-hydrogen) atoms. The first-order valence-electron chi connectivity index (χ1n) is 10.8. The van der Waals surface area contributed by atoms with Crippen LogP contribution >= 0.6 is 0 Å². The van der Waals surface area contributed by atoms with Gasteiger partial charge in [0.05, 0.1) is 0 Å². The smallest absolute Gasteiger partial charge is 0.136 e. The van der Waals surface area contributed by atoms with Crippen LogP contribution < -0.4 is 0 Å². The average Bonchev–Trinajstić information content (AvgIpc) is 2.57. The Morgan fingerprint density at radius 1 is 1.27 bits per heavy atom. The molecule has 0 bridgehead atoms. The van der Waals surface area contributed by atoms with Crippen LogP contribution in [0.5, 0.6) is 0 Å². The Hall–Kier alpha value is -0.890. The number of piperidine rings is 1. The third kappa shape index (κ3) is 5.55. The van der Waals surface area contributed by atoms with E-state index in [-0.39, 0.29) is 5.92 Å². The number of likely N-dealkylation sites (tertiary alicyclic amines) is 1. The molecule has 2 aliphatic rings. The Morgan fingerprint density at radius 2 is 2.00 bits per heavy atom. The lowest BCUT2D eigenvalue weighted by atomic mass is 9.59. The van der Waals surface area contributed by atoms with Crippen molar-refractivity contribution in [3.05, 3.63) is 23.3 Å². The highest BCUT2D eigenvalue weighted by Gasteiger charge is 2.47. The minimum atomic E-state index is 0.276. The van der Waals surface area contributed by atoms with E-state index in [0.717, 1.165) is 12.8 Å². The summed E-state index contributed by atoms with van der Waals surface area (Å²) in [5.41, 5.74) is 3.29. The summed E-state index contributed by atoms with van der Waals surface area (Å²) in [6.07, 6.45) is 12.7. The molecule has 148 valence electrons. The van der Waals surface area contributed by atoms with E-state index in [0.29, 0.717) is 23.2 Å². The molecular weight excluding hydrogens is 318 g/mol. The minimum absolute atomic E-state index is 0.276. The van der Waals surface area contributed by atoms with Crippen molar-refractivity contribution in [2.24, 2.45) is 17.3 Å². The van der Waals surface area contributed by atoms with Crippen LogP contribution in [0, 0.1) is 17.3 Å². The molecule has 0 N–H and O–H groups in total. The summed E-state index contributed by atoms with van der Waals surface area (Å²) in [5.74, 6) is 1.38. The van der Waals surface area contributed by atoms with Crippen molar-refractivity contribution < 1.29 is 4.79 Å². The molecule has 1 aliphatic heterocycles. The molecule has 1 saturated heterocycles. The van der Waals surface area contributed by atoms with Gasteiger partial charge in [-0.25, -0.2) is 0 Å². The fraction of sp³-hybridized carbons (Fsp3) is 0.792. The fourth-order valence-corrected chi connectivity index (χ4v) is 5.11. The van der Waals surface area contributed by atoms with E-state index >= 15 is 0 Å². The number of nitrogens with zero attached hydrogens (tertiary/aromatic N) is 1. The number of rotatable bonds is 7. The molecule has 0 aromatic heterocycles. The van der Waals surface area contributed by atoms with Gasteiger partial charge in [-0.15, -0.1) is 0 Å². The maximum absolute atomic E-state index is 12.1. The second kappa shape index (κ2) is 9.35. The van der Waals surface area contributed by atoms with Crippen LogP contribution in [-0.2, 0) is 4.79 Å². The number of allylic oxidation sites excluding steroid dienone is 4. The van der Waals surface area contributed by atoms with Gasteiger partial charge in [0.2, 0.25) is 0 Å². The molecule has 2 fully saturated rings. The van der Waals surface area contributed by atoms with Crippen LogP contribution in [0.25, 0.3) is 0 Å². The lowest BCUT2D eigenvalue weighted by Crippen LogP contribution is -2.54. The van der Waals surface area contributed by atoms with Crippen molar-refractivity contribution >= 4 is 5.78 Å². The topological polar surface area (TPSA) is 20.3 Å². The van der Waals surface area contributed by atoms with Crippen LogP contribution in [0.15, 0.2) is 23.3 Å². The van der Waals surface area contributed by atoms with Crippen molar-refractivity contribution in [1.29, 1.82) is 0 Å². The summed E-state index contributed by atoms with van der Waals surface area (Å²) in [4.78, 5) is 14.8. The fourth-order valence-electron chi connectivity index (χ4n) is 5.11. The van der Waals surface area contributed by atoms with Gasteiger partial charge in [-0.3, -0.25) is 4.79 Å². The van der Waals surface area contributed by atoms with E-state index in [9.17, 15) is 4.79 Å². The van der Waals surface area contributed by atoms with Crippen LogP contribution in [0.1, 0.15) is 86.5 Å². The molecule has 2 rings (SSSR count). The first-order valence-corrected chi connectivity index (χ1v) is 10.8. The molecule has 2 nitrogen and oxygen atoms in total. The first-order chi connectivity index (χ1) is 12.2. The summed E-state index contributed by atoms with van der Waals surface area (Å²) >= 11 is 0. The van der Waals surface area contributed by atoms with Gasteiger partial charge in [-0.1, -0.05) is 37.1 Å². The number of carbonyl (C=O) groups is 1. The molecule has 1 aliphatic carbocycles. The van der Waals surface area contributed by atoms with Crippen molar-refractivity contribution in [2.45, 2.75) is 92.5 Å². The van der Waals surface area contributed by atoms with E-state index < -0.39 is 0 Å². The van der Waals surface area contributed by atoms with Gasteiger partial charge in [0.25, 0.3) is 0 Å². The normalized spacial score (nSPS) is 31.5. The minimum Gasteiger partial charge on any atom is -0.300 e. The monoisotopic (exact) mass is 359 g/mol. The van der Waals surface area contributed by atoms with Crippen LogP contribution in [0.3, 0.4) is 0 Å². The van der Waals surface area contributed by atoms with Crippen molar-refractivity contribution in [3.63, 3.8) is 0 Å². The molecule has 0 spiro atoms. The van der Waals surface area contributed by atoms with Crippen LogP contribution in [-0.4, -0.2) is 29.8 Å². The maximum atomic E-state index is 12.1. The summed E-state index contributed by atoms with van der Waals surface area (Å²) in [6, 6.07) is 0.641. The van der Waals surface area contributed by atoms with E-state index in [1.807, 2.05) is 0 Å². The van der Waals surface area contributed by atoms with E-state index in [4.69, 9.17) is 0 Å². The number of fused-ring (bicyclic) bond motifs is 1. The highest BCUT2D eigenvalue weighted by molar-refractivity contribution is 5.82. The van der Waals surface area contributed by atoms with Gasteiger partial charge in [0.15, 0.2) is 0 Å². The Morgan fingerprint density at radius 3 is 2.69 bits per heavy atom. The summed E-state index contributed by atoms with van der Waals surface area (Å²) < 4.78 is 0.